The van der Waals surface area contributed by atoms with Crippen LogP contribution in [0.4, 0.5) is 5.69 Å². The molecule has 10 heteroatoms. The van der Waals surface area contributed by atoms with Crippen LogP contribution in [0.5, 0.6) is 0 Å². The molecule has 4 atom stereocenters. The third kappa shape index (κ3) is 3.06. The largest absolute Gasteiger partial charge is 0.322 e. The van der Waals surface area contributed by atoms with Gasteiger partial charge in [0.1, 0.15) is 6.17 Å². The van der Waals surface area contributed by atoms with Crippen molar-refractivity contribution in [1.82, 2.24) is 9.80 Å². The molecule has 0 N–H and O–H groups in total. The summed E-state index contributed by atoms with van der Waals surface area (Å²) in [7, 11) is -2.63. The molecule has 0 unspecified atom stereocenters. The molecule has 3 aromatic carbocycles. The van der Waals surface area contributed by atoms with Gasteiger partial charge in [0.2, 0.25) is 0 Å². The van der Waals surface area contributed by atoms with Gasteiger partial charge in [-0.25, -0.2) is 12.7 Å². The average molecular weight is 552 g/mol. The van der Waals surface area contributed by atoms with Crippen molar-refractivity contribution in [2.45, 2.75) is 40.1 Å². The van der Waals surface area contributed by atoms with Gasteiger partial charge in [-0.2, -0.15) is 0 Å². The Morgan fingerprint density at radius 3 is 2.22 bits per heavy atom. The monoisotopic (exact) mass is 551 g/mol. The number of anilines is 1. The highest BCUT2D eigenvalue weighted by Crippen LogP contribution is 2.63. The van der Waals surface area contributed by atoms with Crippen LogP contribution in [0, 0.1) is 6.92 Å². The smallest absolute Gasteiger partial charge is 0.266 e. The third-order valence-corrected chi connectivity index (χ3v) is 10.7. The number of amides is 2. The van der Waals surface area contributed by atoms with Crippen molar-refractivity contribution in [1.29, 1.82) is 0 Å². The molecular formula is C27H25N3O4S3. The SMILES string of the molecule is Cc1ccc([C@]23C[C@]4(S)C(=O)N(C)[C@@H](S)C(=O)N4[C@H]2N(S(=O)(=O)c2ccccc2)c2ccccc23)cc1. The number of hydrogen-bond donors (Lipinski definition) is 2. The number of para-hydroxylation sites is 1. The number of aryl methyl sites for hydroxylation is 1. The lowest BCUT2D eigenvalue weighted by molar-refractivity contribution is -0.157. The van der Waals surface area contributed by atoms with E-state index >= 15 is 0 Å². The average Bonchev–Trinajstić information content (AvgIpc) is 3.34. The summed E-state index contributed by atoms with van der Waals surface area (Å²) >= 11 is 9.30. The van der Waals surface area contributed by atoms with Gasteiger partial charge in [-0.05, 0) is 36.2 Å². The van der Waals surface area contributed by atoms with Gasteiger partial charge in [-0.1, -0.05) is 66.2 Å². The van der Waals surface area contributed by atoms with Crippen LogP contribution < -0.4 is 4.31 Å². The number of rotatable bonds is 3. The van der Waals surface area contributed by atoms with E-state index in [1.807, 2.05) is 43.3 Å². The Bertz CT molecular complexity index is 1550. The molecule has 0 aromatic heterocycles. The Kier molecular flexibility index (Phi) is 5.29. The van der Waals surface area contributed by atoms with E-state index in [1.165, 1.54) is 33.3 Å². The zero-order valence-corrected chi connectivity index (χ0v) is 22.8. The van der Waals surface area contributed by atoms with Crippen LogP contribution >= 0.6 is 25.3 Å². The molecule has 0 saturated carbocycles. The number of carbonyl (C=O) groups excluding carboxylic acids is 2. The Morgan fingerprint density at radius 2 is 1.54 bits per heavy atom. The quantitative estimate of drug-likeness (QED) is 0.490. The van der Waals surface area contributed by atoms with Gasteiger partial charge in [-0.3, -0.25) is 14.5 Å². The molecule has 7 nitrogen and oxygen atoms in total. The number of carbonyl (C=O) groups is 2. The lowest BCUT2D eigenvalue weighted by Gasteiger charge is -2.47. The summed E-state index contributed by atoms with van der Waals surface area (Å²) in [5.74, 6) is -0.869. The maximum Gasteiger partial charge on any atom is 0.266 e. The molecule has 3 aliphatic heterocycles. The Labute approximate surface area is 226 Å². The van der Waals surface area contributed by atoms with Gasteiger partial charge in [0.05, 0.1) is 16.0 Å². The second-order valence-corrected chi connectivity index (χ2v) is 12.9. The summed E-state index contributed by atoms with van der Waals surface area (Å²) in [5, 5.41) is -1.06. The van der Waals surface area contributed by atoms with Crippen molar-refractivity contribution in [2.24, 2.45) is 0 Å². The van der Waals surface area contributed by atoms with Crippen LogP contribution in [0.2, 0.25) is 0 Å². The van der Waals surface area contributed by atoms with Crippen LogP contribution in [-0.2, 0) is 25.0 Å². The summed E-state index contributed by atoms with van der Waals surface area (Å²) in [6.45, 7) is 1.97. The molecular weight excluding hydrogens is 527 g/mol. The number of hydrogen-bond acceptors (Lipinski definition) is 6. The van der Waals surface area contributed by atoms with Crippen molar-refractivity contribution >= 4 is 52.8 Å². The molecule has 3 aromatic rings. The minimum atomic E-state index is -4.15. The first kappa shape index (κ1) is 24.4. The van der Waals surface area contributed by atoms with E-state index < -0.39 is 43.7 Å². The summed E-state index contributed by atoms with van der Waals surface area (Å²) in [4.78, 5) is 28.8. The highest BCUT2D eigenvalue weighted by atomic mass is 32.2. The molecule has 0 bridgehead atoms. The first-order valence-electron chi connectivity index (χ1n) is 11.8. The molecule has 6 rings (SSSR count). The van der Waals surface area contributed by atoms with E-state index in [1.54, 1.807) is 30.3 Å². The normalized spacial score (nSPS) is 28.8. The summed E-state index contributed by atoms with van der Waals surface area (Å²) in [6, 6.07) is 23.2. The predicted octanol–water partition coefficient (Wildman–Crippen LogP) is 3.40. The van der Waals surface area contributed by atoms with E-state index in [0.29, 0.717) is 5.69 Å². The highest BCUT2D eigenvalue weighted by Gasteiger charge is 2.73. The maximum atomic E-state index is 14.3. The Hall–Kier alpha value is -2.95. The van der Waals surface area contributed by atoms with Crippen molar-refractivity contribution in [3.05, 3.63) is 95.6 Å². The van der Waals surface area contributed by atoms with Gasteiger partial charge in [-0.15, -0.1) is 25.3 Å². The second-order valence-electron chi connectivity index (χ2n) is 9.83. The molecule has 2 amide bonds. The number of fused-ring (bicyclic) bond motifs is 5. The molecule has 2 fully saturated rings. The summed E-state index contributed by atoms with van der Waals surface area (Å²) in [5.41, 5.74) is 2.00. The molecule has 3 aliphatic rings. The number of thiol groups is 2. The third-order valence-electron chi connectivity index (χ3n) is 7.81. The topological polar surface area (TPSA) is 78.0 Å². The Balaban J connectivity index is 1.70. The van der Waals surface area contributed by atoms with Gasteiger partial charge in [0.25, 0.3) is 21.8 Å². The Morgan fingerprint density at radius 1 is 0.919 bits per heavy atom. The zero-order valence-electron chi connectivity index (χ0n) is 20.1. The van der Waals surface area contributed by atoms with Crippen molar-refractivity contribution in [2.75, 3.05) is 11.4 Å². The number of likely N-dealkylation sites (N-methyl/N-ethyl adjacent to an activating group) is 1. The lowest BCUT2D eigenvalue weighted by atomic mass is 9.72. The van der Waals surface area contributed by atoms with Crippen molar-refractivity contribution in [3.63, 3.8) is 0 Å². The van der Waals surface area contributed by atoms with Gasteiger partial charge >= 0.3 is 0 Å². The number of piperazine rings is 1. The van der Waals surface area contributed by atoms with Crippen LogP contribution in [-0.4, -0.2) is 53.5 Å². The van der Waals surface area contributed by atoms with Gasteiger partial charge in [0, 0.05) is 13.5 Å². The summed E-state index contributed by atoms with van der Waals surface area (Å²) < 4.78 is 30.0. The summed E-state index contributed by atoms with van der Waals surface area (Å²) in [6.07, 6.45) is -0.959. The molecule has 0 spiro atoms. The van der Waals surface area contributed by atoms with E-state index in [9.17, 15) is 18.0 Å². The molecule has 0 aliphatic carbocycles. The fraction of sp³-hybridized carbons (Fsp3) is 0.259. The van der Waals surface area contributed by atoms with Gasteiger partial charge < -0.3 is 4.90 Å². The standard InChI is InChI=1S/C27H25N3O4S3/c1-17-12-14-18(15-13-17)26-16-27(36)25(32)28(2)23(35)22(31)29(27)24(26)30(21-11-7-6-10-20(21)26)37(33,34)19-8-4-3-5-9-19/h3-15,23-24,35-36H,16H2,1-2H3/t23-,24-,26-,27-/m0/s1. The highest BCUT2D eigenvalue weighted by molar-refractivity contribution is 7.93. The molecule has 2 saturated heterocycles. The van der Waals surface area contributed by atoms with E-state index in [4.69, 9.17) is 12.6 Å². The van der Waals surface area contributed by atoms with Crippen LogP contribution in [0.15, 0.2) is 83.8 Å². The minimum absolute atomic E-state index is 0.0940. The number of sulfonamides is 1. The number of nitrogens with zero attached hydrogens (tertiary/aromatic N) is 3. The van der Waals surface area contributed by atoms with Crippen LogP contribution in [0.1, 0.15) is 23.1 Å². The van der Waals surface area contributed by atoms with E-state index in [2.05, 4.69) is 12.6 Å². The van der Waals surface area contributed by atoms with Crippen molar-refractivity contribution in [3.8, 4) is 0 Å². The zero-order chi connectivity index (χ0) is 26.3. The molecule has 3 heterocycles. The van der Waals surface area contributed by atoms with E-state index in [-0.39, 0.29) is 11.3 Å². The van der Waals surface area contributed by atoms with Crippen LogP contribution in [0.25, 0.3) is 0 Å². The molecule has 190 valence electrons. The maximum absolute atomic E-state index is 14.3. The molecule has 37 heavy (non-hydrogen) atoms. The molecule has 0 radical (unpaired) electrons. The first-order valence-corrected chi connectivity index (χ1v) is 14.2. The number of benzene rings is 3. The van der Waals surface area contributed by atoms with Crippen LogP contribution in [0.3, 0.4) is 0 Å². The fourth-order valence-electron chi connectivity index (χ4n) is 6.09. The van der Waals surface area contributed by atoms with E-state index in [0.717, 1.165) is 16.7 Å². The predicted molar refractivity (Wildman–Crippen MR) is 147 cm³/mol. The van der Waals surface area contributed by atoms with Gasteiger partial charge in [0.15, 0.2) is 10.2 Å². The lowest BCUT2D eigenvalue weighted by Crippen LogP contribution is -2.68. The second kappa shape index (κ2) is 8.02. The minimum Gasteiger partial charge on any atom is -0.322 e. The fourth-order valence-corrected chi connectivity index (χ4v) is 8.62. The van der Waals surface area contributed by atoms with Crippen molar-refractivity contribution < 1.29 is 18.0 Å². The first-order chi connectivity index (χ1) is 17.5.